The molecule has 0 bridgehead atoms. The van der Waals surface area contributed by atoms with Crippen LogP contribution in [0.15, 0.2) is 24.3 Å². The molecule has 0 aromatic heterocycles. The highest BCUT2D eigenvalue weighted by Gasteiger charge is 2.39. The van der Waals surface area contributed by atoms with Gasteiger partial charge in [0.1, 0.15) is 5.82 Å². The van der Waals surface area contributed by atoms with Gasteiger partial charge in [0.25, 0.3) is 0 Å². The van der Waals surface area contributed by atoms with Crippen molar-refractivity contribution in [1.82, 2.24) is 5.32 Å². The van der Waals surface area contributed by atoms with E-state index in [1.165, 1.54) is 25.3 Å². The predicted molar refractivity (Wildman–Crippen MR) is 80.4 cm³/mol. The lowest BCUT2D eigenvalue weighted by Crippen LogP contribution is -2.54. The average molecular weight is 279 g/mol. The molecule has 1 N–H and O–H groups in total. The van der Waals surface area contributed by atoms with Crippen molar-refractivity contribution in [2.24, 2.45) is 0 Å². The lowest BCUT2D eigenvalue weighted by Gasteiger charge is -2.43. The molecule has 1 unspecified atom stereocenters. The van der Waals surface area contributed by atoms with E-state index in [4.69, 9.17) is 4.74 Å². The van der Waals surface area contributed by atoms with Crippen LogP contribution in [0.1, 0.15) is 44.6 Å². The summed E-state index contributed by atoms with van der Waals surface area (Å²) < 4.78 is 19.3. The maximum atomic E-state index is 13.4. The maximum absolute atomic E-state index is 13.4. The molecule has 1 fully saturated rings. The van der Waals surface area contributed by atoms with Crippen molar-refractivity contribution in [1.29, 1.82) is 0 Å². The molecule has 1 aromatic carbocycles. The lowest BCUT2D eigenvalue weighted by atomic mass is 9.77. The van der Waals surface area contributed by atoms with E-state index >= 15 is 0 Å². The standard InChI is InChI=1S/C17H26FNO/c1-3-19-16(13-14-8-7-9-15(18)12-14)17(20-2)10-5-4-6-11-17/h7-9,12,16,19H,3-6,10-11,13H2,1-2H3. The summed E-state index contributed by atoms with van der Waals surface area (Å²) in [6.07, 6.45) is 6.74. The summed E-state index contributed by atoms with van der Waals surface area (Å²) in [6, 6.07) is 7.17. The topological polar surface area (TPSA) is 21.3 Å². The van der Waals surface area contributed by atoms with E-state index in [1.807, 2.05) is 13.2 Å². The van der Waals surface area contributed by atoms with E-state index < -0.39 is 0 Å². The van der Waals surface area contributed by atoms with Gasteiger partial charge in [0, 0.05) is 13.2 Å². The Labute approximate surface area is 121 Å². The number of nitrogens with one attached hydrogen (secondary N) is 1. The Hall–Kier alpha value is -0.930. The van der Waals surface area contributed by atoms with Crippen LogP contribution >= 0.6 is 0 Å². The molecule has 0 saturated heterocycles. The van der Waals surface area contributed by atoms with E-state index in [1.54, 1.807) is 12.1 Å². The summed E-state index contributed by atoms with van der Waals surface area (Å²) in [5.74, 6) is -0.159. The molecule has 1 aliphatic rings. The first-order valence-electron chi connectivity index (χ1n) is 7.73. The highest BCUT2D eigenvalue weighted by Crippen LogP contribution is 2.35. The van der Waals surface area contributed by atoms with E-state index in [9.17, 15) is 4.39 Å². The predicted octanol–water partition coefficient (Wildman–Crippen LogP) is 3.70. The Morgan fingerprint density at radius 2 is 2.05 bits per heavy atom. The molecule has 2 nitrogen and oxygen atoms in total. The van der Waals surface area contributed by atoms with Gasteiger partial charge in [0.05, 0.1) is 5.60 Å². The zero-order valence-corrected chi connectivity index (χ0v) is 12.6. The van der Waals surface area contributed by atoms with Crippen LogP contribution in [0.2, 0.25) is 0 Å². The van der Waals surface area contributed by atoms with Crippen molar-refractivity contribution in [3.63, 3.8) is 0 Å². The molecule has 20 heavy (non-hydrogen) atoms. The fraction of sp³-hybridized carbons (Fsp3) is 0.647. The van der Waals surface area contributed by atoms with Crippen molar-refractivity contribution >= 4 is 0 Å². The molecular weight excluding hydrogens is 253 g/mol. The minimum absolute atomic E-state index is 0.0966. The average Bonchev–Trinajstić information content (AvgIpc) is 2.47. The Morgan fingerprint density at radius 1 is 1.30 bits per heavy atom. The van der Waals surface area contributed by atoms with Gasteiger partial charge in [-0.1, -0.05) is 38.3 Å². The summed E-state index contributed by atoms with van der Waals surface area (Å²) in [5, 5.41) is 3.56. The Bertz CT molecular complexity index is 415. The summed E-state index contributed by atoms with van der Waals surface area (Å²) >= 11 is 0. The van der Waals surface area contributed by atoms with E-state index in [0.29, 0.717) is 0 Å². The largest absolute Gasteiger partial charge is 0.377 e. The Morgan fingerprint density at radius 3 is 2.65 bits per heavy atom. The van der Waals surface area contributed by atoms with Gasteiger partial charge < -0.3 is 10.1 Å². The van der Waals surface area contributed by atoms with Crippen LogP contribution in [0.5, 0.6) is 0 Å². The first-order valence-corrected chi connectivity index (χ1v) is 7.73. The molecule has 1 saturated carbocycles. The molecule has 1 aromatic rings. The molecule has 1 atom stereocenters. The third kappa shape index (κ3) is 3.58. The van der Waals surface area contributed by atoms with Gasteiger partial charge in [-0.3, -0.25) is 0 Å². The highest BCUT2D eigenvalue weighted by molar-refractivity contribution is 5.19. The molecule has 0 aliphatic heterocycles. The quantitative estimate of drug-likeness (QED) is 0.857. The number of halogens is 1. The van der Waals surface area contributed by atoms with Gasteiger partial charge >= 0.3 is 0 Å². The summed E-state index contributed by atoms with van der Waals surface area (Å²) in [4.78, 5) is 0. The first kappa shape index (κ1) is 15.5. The molecule has 0 radical (unpaired) electrons. The number of likely N-dealkylation sites (N-methyl/N-ethyl adjacent to an activating group) is 1. The third-order valence-corrected chi connectivity index (χ3v) is 4.52. The Balaban J connectivity index is 2.16. The summed E-state index contributed by atoms with van der Waals surface area (Å²) in [6.45, 7) is 3.02. The molecule has 1 aliphatic carbocycles. The monoisotopic (exact) mass is 279 g/mol. The number of benzene rings is 1. The third-order valence-electron chi connectivity index (χ3n) is 4.52. The number of methoxy groups -OCH3 is 1. The van der Waals surface area contributed by atoms with Crippen LogP contribution < -0.4 is 5.32 Å². The fourth-order valence-electron chi connectivity index (χ4n) is 3.44. The SMILES string of the molecule is CCNC(Cc1cccc(F)c1)C1(OC)CCCCC1. The molecule has 0 spiro atoms. The molecule has 2 rings (SSSR count). The number of rotatable bonds is 6. The second-order valence-electron chi connectivity index (χ2n) is 5.77. The van der Waals surface area contributed by atoms with Gasteiger partial charge in [0.2, 0.25) is 0 Å². The molecular formula is C17H26FNO. The van der Waals surface area contributed by atoms with Gasteiger partial charge in [-0.15, -0.1) is 0 Å². The minimum atomic E-state index is -0.159. The maximum Gasteiger partial charge on any atom is 0.123 e. The zero-order chi connectivity index (χ0) is 14.4. The van der Waals surface area contributed by atoms with Crippen LogP contribution in [-0.4, -0.2) is 25.3 Å². The van der Waals surface area contributed by atoms with Gasteiger partial charge in [0.15, 0.2) is 0 Å². The van der Waals surface area contributed by atoms with Crippen LogP contribution in [0.4, 0.5) is 4.39 Å². The number of ether oxygens (including phenoxy) is 1. The van der Waals surface area contributed by atoms with Gasteiger partial charge in [-0.25, -0.2) is 4.39 Å². The molecule has 0 heterocycles. The fourth-order valence-corrected chi connectivity index (χ4v) is 3.44. The number of hydrogen-bond acceptors (Lipinski definition) is 2. The zero-order valence-electron chi connectivity index (χ0n) is 12.6. The van der Waals surface area contributed by atoms with E-state index in [2.05, 4.69) is 12.2 Å². The van der Waals surface area contributed by atoms with Gasteiger partial charge in [-0.05, 0) is 43.5 Å². The molecule has 0 amide bonds. The highest BCUT2D eigenvalue weighted by atomic mass is 19.1. The van der Waals surface area contributed by atoms with Crippen LogP contribution in [0, 0.1) is 5.82 Å². The van der Waals surface area contributed by atoms with E-state index in [-0.39, 0.29) is 17.5 Å². The van der Waals surface area contributed by atoms with Crippen LogP contribution in [0.3, 0.4) is 0 Å². The molecule has 112 valence electrons. The van der Waals surface area contributed by atoms with Crippen LogP contribution in [0.25, 0.3) is 0 Å². The normalized spacial score (nSPS) is 19.8. The van der Waals surface area contributed by atoms with Crippen molar-refractivity contribution in [2.75, 3.05) is 13.7 Å². The summed E-state index contributed by atoms with van der Waals surface area (Å²) in [7, 11) is 1.82. The summed E-state index contributed by atoms with van der Waals surface area (Å²) in [5.41, 5.74) is 0.943. The van der Waals surface area contributed by atoms with Crippen molar-refractivity contribution < 1.29 is 9.13 Å². The van der Waals surface area contributed by atoms with E-state index in [0.717, 1.165) is 31.4 Å². The second-order valence-corrected chi connectivity index (χ2v) is 5.77. The Kier molecular flexibility index (Phi) is 5.55. The lowest BCUT2D eigenvalue weighted by molar-refractivity contribution is -0.0669. The number of hydrogen-bond donors (Lipinski definition) is 1. The van der Waals surface area contributed by atoms with Crippen molar-refractivity contribution in [3.05, 3.63) is 35.6 Å². The second kappa shape index (κ2) is 7.19. The first-order chi connectivity index (χ1) is 9.70. The van der Waals surface area contributed by atoms with Gasteiger partial charge in [-0.2, -0.15) is 0 Å². The minimum Gasteiger partial charge on any atom is -0.377 e. The molecule has 3 heteroatoms. The van der Waals surface area contributed by atoms with Crippen LogP contribution in [-0.2, 0) is 11.2 Å². The van der Waals surface area contributed by atoms with Crippen molar-refractivity contribution in [3.8, 4) is 0 Å². The van der Waals surface area contributed by atoms with Crippen molar-refractivity contribution in [2.45, 2.75) is 57.1 Å². The smallest absolute Gasteiger partial charge is 0.123 e.